The molecule has 0 aliphatic rings. The van der Waals surface area contributed by atoms with Gasteiger partial charge in [0.05, 0.1) is 12.2 Å². The van der Waals surface area contributed by atoms with Crippen molar-refractivity contribution in [3.63, 3.8) is 0 Å². The van der Waals surface area contributed by atoms with Crippen molar-refractivity contribution in [2.24, 2.45) is 4.99 Å². The van der Waals surface area contributed by atoms with Crippen molar-refractivity contribution in [1.29, 1.82) is 0 Å². The summed E-state index contributed by atoms with van der Waals surface area (Å²) in [6, 6.07) is 8.14. The van der Waals surface area contributed by atoms with Crippen LogP contribution in [0.3, 0.4) is 0 Å². The predicted octanol–water partition coefficient (Wildman–Crippen LogP) is 3.12. The second kappa shape index (κ2) is 8.22. The summed E-state index contributed by atoms with van der Waals surface area (Å²) in [6.45, 7) is 5.73. The molecule has 22 heavy (non-hydrogen) atoms. The van der Waals surface area contributed by atoms with E-state index in [4.69, 9.17) is 4.42 Å². The standard InChI is InChI=1S/C17H24N4O/c1-4-5-10-19-17(18-3)20-11-15-12-22-16(21-15)14-8-6-13(2)7-9-14/h6-9,12H,4-5,10-11H2,1-3H3,(H2,18,19,20). The Kier molecular flexibility index (Phi) is 6.01. The molecule has 0 unspecified atom stereocenters. The van der Waals surface area contributed by atoms with Gasteiger partial charge in [-0.25, -0.2) is 4.98 Å². The summed E-state index contributed by atoms with van der Waals surface area (Å²) in [7, 11) is 1.77. The average molecular weight is 300 g/mol. The first-order chi connectivity index (χ1) is 10.7. The lowest BCUT2D eigenvalue weighted by molar-refractivity contribution is 0.572. The van der Waals surface area contributed by atoms with Crippen LogP contribution in [-0.4, -0.2) is 24.5 Å². The Balaban J connectivity index is 1.90. The molecule has 0 saturated heterocycles. The monoisotopic (exact) mass is 300 g/mol. The maximum absolute atomic E-state index is 5.54. The van der Waals surface area contributed by atoms with E-state index in [2.05, 4.69) is 46.6 Å². The van der Waals surface area contributed by atoms with Gasteiger partial charge in [-0.05, 0) is 25.5 Å². The highest BCUT2D eigenvalue weighted by molar-refractivity contribution is 5.79. The number of guanidine groups is 1. The summed E-state index contributed by atoms with van der Waals surface area (Å²) in [5, 5.41) is 6.50. The molecule has 1 heterocycles. The third kappa shape index (κ3) is 4.62. The molecule has 0 aliphatic carbocycles. The third-order valence-corrected chi connectivity index (χ3v) is 3.33. The minimum atomic E-state index is 0.584. The van der Waals surface area contributed by atoms with E-state index in [-0.39, 0.29) is 0 Å². The Morgan fingerprint density at radius 3 is 2.68 bits per heavy atom. The normalized spacial score (nSPS) is 11.5. The van der Waals surface area contributed by atoms with E-state index in [1.807, 2.05) is 12.1 Å². The molecule has 5 nitrogen and oxygen atoms in total. The molecular formula is C17H24N4O. The van der Waals surface area contributed by atoms with Gasteiger partial charge in [0.2, 0.25) is 5.89 Å². The lowest BCUT2D eigenvalue weighted by Gasteiger charge is -2.09. The molecule has 1 aromatic heterocycles. The first kappa shape index (κ1) is 16.1. The van der Waals surface area contributed by atoms with Crippen molar-refractivity contribution in [3.05, 3.63) is 41.8 Å². The summed E-state index contributed by atoms with van der Waals surface area (Å²) in [4.78, 5) is 8.69. The Hall–Kier alpha value is -2.30. The first-order valence-electron chi connectivity index (χ1n) is 7.69. The van der Waals surface area contributed by atoms with Gasteiger partial charge in [-0.3, -0.25) is 4.99 Å². The van der Waals surface area contributed by atoms with Crippen molar-refractivity contribution in [3.8, 4) is 11.5 Å². The summed E-state index contributed by atoms with van der Waals surface area (Å²) in [5.74, 6) is 1.43. The molecule has 0 spiro atoms. The van der Waals surface area contributed by atoms with E-state index in [0.717, 1.165) is 36.6 Å². The van der Waals surface area contributed by atoms with E-state index >= 15 is 0 Å². The number of benzene rings is 1. The van der Waals surface area contributed by atoms with Crippen molar-refractivity contribution < 1.29 is 4.42 Å². The SMILES string of the molecule is CCCCNC(=NC)NCc1coc(-c2ccc(C)cc2)n1. The predicted molar refractivity (Wildman–Crippen MR) is 89.8 cm³/mol. The molecule has 1 aromatic carbocycles. The van der Waals surface area contributed by atoms with Crippen LogP contribution in [0.1, 0.15) is 31.0 Å². The molecule has 0 radical (unpaired) electrons. The van der Waals surface area contributed by atoms with Crippen LogP contribution in [0.2, 0.25) is 0 Å². The number of unbranched alkanes of at least 4 members (excludes halogenated alkanes) is 1. The average Bonchev–Trinajstić information content (AvgIpc) is 3.00. The third-order valence-electron chi connectivity index (χ3n) is 3.33. The summed E-state index contributed by atoms with van der Waals surface area (Å²) >= 11 is 0. The molecular weight excluding hydrogens is 276 g/mol. The number of nitrogens with zero attached hydrogens (tertiary/aromatic N) is 2. The minimum absolute atomic E-state index is 0.584. The summed E-state index contributed by atoms with van der Waals surface area (Å²) < 4.78 is 5.54. The van der Waals surface area contributed by atoms with Crippen LogP contribution >= 0.6 is 0 Å². The molecule has 0 fully saturated rings. The van der Waals surface area contributed by atoms with Gasteiger partial charge in [-0.1, -0.05) is 31.0 Å². The van der Waals surface area contributed by atoms with Crippen LogP contribution in [0, 0.1) is 6.92 Å². The lowest BCUT2D eigenvalue weighted by atomic mass is 10.1. The van der Waals surface area contributed by atoms with Crippen molar-refractivity contribution in [2.75, 3.05) is 13.6 Å². The van der Waals surface area contributed by atoms with Gasteiger partial charge in [0.25, 0.3) is 0 Å². The number of hydrogen-bond acceptors (Lipinski definition) is 3. The van der Waals surface area contributed by atoms with Gasteiger partial charge in [0.1, 0.15) is 6.26 Å². The molecule has 0 saturated carbocycles. The zero-order chi connectivity index (χ0) is 15.8. The number of hydrogen-bond donors (Lipinski definition) is 2. The zero-order valence-corrected chi connectivity index (χ0v) is 13.5. The smallest absolute Gasteiger partial charge is 0.226 e. The van der Waals surface area contributed by atoms with Crippen molar-refractivity contribution in [2.45, 2.75) is 33.2 Å². The molecule has 0 atom stereocenters. The first-order valence-corrected chi connectivity index (χ1v) is 7.69. The quantitative estimate of drug-likeness (QED) is 0.489. The van der Waals surface area contributed by atoms with Crippen LogP contribution in [0.5, 0.6) is 0 Å². The molecule has 5 heteroatoms. The zero-order valence-electron chi connectivity index (χ0n) is 13.5. The van der Waals surface area contributed by atoms with Gasteiger partial charge >= 0.3 is 0 Å². The highest BCUT2D eigenvalue weighted by Gasteiger charge is 2.07. The highest BCUT2D eigenvalue weighted by atomic mass is 16.3. The van der Waals surface area contributed by atoms with E-state index in [9.17, 15) is 0 Å². The summed E-state index contributed by atoms with van der Waals surface area (Å²) in [5.41, 5.74) is 3.07. The maximum Gasteiger partial charge on any atom is 0.226 e. The molecule has 0 amide bonds. The van der Waals surface area contributed by atoms with Crippen LogP contribution in [-0.2, 0) is 6.54 Å². The largest absolute Gasteiger partial charge is 0.444 e. The molecule has 2 N–H and O–H groups in total. The Bertz CT molecular complexity index is 601. The Labute approximate surface area is 131 Å². The van der Waals surface area contributed by atoms with Gasteiger partial charge in [0, 0.05) is 19.2 Å². The molecule has 0 aliphatic heterocycles. The molecule has 2 rings (SSSR count). The second-order valence-corrected chi connectivity index (χ2v) is 5.22. The van der Waals surface area contributed by atoms with Gasteiger partial charge in [-0.15, -0.1) is 0 Å². The topological polar surface area (TPSA) is 62.5 Å². The molecule has 118 valence electrons. The lowest BCUT2D eigenvalue weighted by Crippen LogP contribution is -2.37. The Morgan fingerprint density at radius 2 is 2.00 bits per heavy atom. The number of nitrogens with one attached hydrogen (secondary N) is 2. The van der Waals surface area contributed by atoms with Gasteiger partial charge < -0.3 is 15.1 Å². The summed E-state index contributed by atoms with van der Waals surface area (Å²) in [6.07, 6.45) is 3.97. The number of aromatic nitrogens is 1. The van der Waals surface area contributed by atoms with Crippen LogP contribution < -0.4 is 10.6 Å². The number of oxazole rings is 1. The van der Waals surface area contributed by atoms with E-state index in [1.165, 1.54) is 5.56 Å². The second-order valence-electron chi connectivity index (χ2n) is 5.22. The fraction of sp³-hybridized carbons (Fsp3) is 0.412. The van der Waals surface area contributed by atoms with Gasteiger partial charge in [-0.2, -0.15) is 0 Å². The van der Waals surface area contributed by atoms with Crippen LogP contribution in [0.4, 0.5) is 0 Å². The molecule has 2 aromatic rings. The van der Waals surface area contributed by atoms with E-state index in [0.29, 0.717) is 12.4 Å². The van der Waals surface area contributed by atoms with Crippen molar-refractivity contribution >= 4 is 5.96 Å². The van der Waals surface area contributed by atoms with Crippen LogP contribution in [0.25, 0.3) is 11.5 Å². The Morgan fingerprint density at radius 1 is 1.23 bits per heavy atom. The van der Waals surface area contributed by atoms with Crippen molar-refractivity contribution in [1.82, 2.24) is 15.6 Å². The van der Waals surface area contributed by atoms with Crippen LogP contribution in [0.15, 0.2) is 39.9 Å². The molecule has 0 bridgehead atoms. The van der Waals surface area contributed by atoms with E-state index in [1.54, 1.807) is 13.3 Å². The minimum Gasteiger partial charge on any atom is -0.444 e. The fourth-order valence-electron chi connectivity index (χ4n) is 2.00. The van der Waals surface area contributed by atoms with E-state index < -0.39 is 0 Å². The highest BCUT2D eigenvalue weighted by Crippen LogP contribution is 2.18. The number of rotatable bonds is 6. The number of aryl methyl sites for hydroxylation is 1. The fourth-order valence-corrected chi connectivity index (χ4v) is 2.00. The number of aliphatic imine (C=N–C) groups is 1. The van der Waals surface area contributed by atoms with Gasteiger partial charge in [0.15, 0.2) is 5.96 Å². The maximum atomic E-state index is 5.54.